The number of nitrogens with zero attached hydrogens (tertiary/aromatic N) is 1. The van der Waals surface area contributed by atoms with E-state index in [1.165, 1.54) is 19.1 Å². The minimum absolute atomic E-state index is 0.124. The molecule has 17 heavy (non-hydrogen) atoms. The molecule has 0 aromatic heterocycles. The van der Waals surface area contributed by atoms with Gasteiger partial charge in [-0.25, -0.2) is 8.42 Å². The van der Waals surface area contributed by atoms with Gasteiger partial charge in [0.1, 0.15) is 0 Å². The predicted octanol–water partition coefficient (Wildman–Crippen LogP) is 1.13. The maximum absolute atomic E-state index is 11.8. The Morgan fingerprint density at radius 1 is 1.47 bits per heavy atom. The van der Waals surface area contributed by atoms with Gasteiger partial charge in [-0.15, -0.1) is 0 Å². The molecule has 0 atom stereocenters. The number of nitro benzene ring substituents is 1. The van der Waals surface area contributed by atoms with Crippen molar-refractivity contribution in [2.45, 2.75) is 18.7 Å². The van der Waals surface area contributed by atoms with Crippen molar-refractivity contribution in [3.05, 3.63) is 33.9 Å². The zero-order chi connectivity index (χ0) is 13.1. The van der Waals surface area contributed by atoms with Crippen molar-refractivity contribution >= 4 is 15.7 Å². The number of nitrogens with one attached hydrogen (secondary N) is 1. The van der Waals surface area contributed by atoms with Crippen molar-refractivity contribution in [1.29, 1.82) is 0 Å². The molecule has 0 radical (unpaired) electrons. The minimum atomic E-state index is -4.04. The highest BCUT2D eigenvalue weighted by Crippen LogP contribution is 2.26. The van der Waals surface area contributed by atoms with Crippen LogP contribution in [-0.2, 0) is 14.9 Å². The third kappa shape index (κ3) is 2.99. The lowest BCUT2D eigenvalue weighted by Crippen LogP contribution is -2.25. The van der Waals surface area contributed by atoms with E-state index in [2.05, 4.69) is 4.84 Å². The van der Waals surface area contributed by atoms with Crippen LogP contribution in [0.15, 0.2) is 23.1 Å². The second kappa shape index (κ2) is 5.21. The molecule has 0 unspecified atom stereocenters. The first-order valence-electron chi connectivity index (χ1n) is 4.77. The standard InChI is InChI=1S/C9H12N2O5S/c1-3-16-10-17(14,15)9-7(2)5-4-6-8(9)11(12)13/h4-6,10H,3H2,1-2H3. The number of hydrogen-bond donors (Lipinski definition) is 1. The highest BCUT2D eigenvalue weighted by atomic mass is 32.2. The predicted molar refractivity (Wildman–Crippen MR) is 59.8 cm³/mol. The number of rotatable bonds is 5. The van der Waals surface area contributed by atoms with Crippen LogP contribution in [0.2, 0.25) is 0 Å². The van der Waals surface area contributed by atoms with E-state index >= 15 is 0 Å². The van der Waals surface area contributed by atoms with Gasteiger partial charge in [0.15, 0.2) is 4.90 Å². The third-order valence-corrected chi connectivity index (χ3v) is 3.38. The maximum atomic E-state index is 11.8. The van der Waals surface area contributed by atoms with E-state index in [4.69, 9.17) is 0 Å². The highest BCUT2D eigenvalue weighted by Gasteiger charge is 2.27. The minimum Gasteiger partial charge on any atom is -0.287 e. The summed E-state index contributed by atoms with van der Waals surface area (Å²) in [7, 11) is -4.04. The molecular formula is C9H12N2O5S. The smallest absolute Gasteiger partial charge is 0.287 e. The van der Waals surface area contributed by atoms with Crippen LogP contribution >= 0.6 is 0 Å². The quantitative estimate of drug-likeness (QED) is 0.632. The summed E-state index contributed by atoms with van der Waals surface area (Å²) in [6, 6.07) is 4.04. The summed E-state index contributed by atoms with van der Waals surface area (Å²) in [4.78, 5) is 16.1. The molecule has 0 aliphatic heterocycles. The molecule has 0 bridgehead atoms. The van der Waals surface area contributed by atoms with E-state index in [9.17, 15) is 18.5 Å². The Morgan fingerprint density at radius 3 is 2.65 bits per heavy atom. The number of aryl methyl sites for hydroxylation is 1. The number of nitro groups is 1. The van der Waals surface area contributed by atoms with Gasteiger partial charge in [-0.3, -0.25) is 15.0 Å². The normalized spacial score (nSPS) is 11.4. The lowest BCUT2D eigenvalue weighted by Gasteiger charge is -2.08. The monoisotopic (exact) mass is 260 g/mol. The molecule has 8 heteroatoms. The average Bonchev–Trinajstić information content (AvgIpc) is 2.25. The summed E-state index contributed by atoms with van der Waals surface area (Å²) in [5.41, 5.74) is -0.191. The zero-order valence-electron chi connectivity index (χ0n) is 9.34. The average molecular weight is 260 g/mol. The highest BCUT2D eigenvalue weighted by molar-refractivity contribution is 7.89. The largest absolute Gasteiger partial charge is 0.289 e. The molecule has 0 amide bonds. The summed E-state index contributed by atoms with van der Waals surface area (Å²) in [6.45, 7) is 3.20. The van der Waals surface area contributed by atoms with Crippen LogP contribution in [0, 0.1) is 17.0 Å². The molecule has 0 aliphatic rings. The van der Waals surface area contributed by atoms with Gasteiger partial charge in [-0.1, -0.05) is 17.0 Å². The fourth-order valence-electron chi connectivity index (χ4n) is 1.31. The van der Waals surface area contributed by atoms with Crippen molar-refractivity contribution in [3.8, 4) is 0 Å². The molecule has 0 aliphatic carbocycles. The zero-order valence-corrected chi connectivity index (χ0v) is 10.2. The van der Waals surface area contributed by atoms with E-state index in [0.29, 0.717) is 0 Å². The van der Waals surface area contributed by atoms with Crippen molar-refractivity contribution in [1.82, 2.24) is 4.89 Å². The molecule has 0 saturated carbocycles. The second-order valence-corrected chi connectivity index (χ2v) is 4.78. The van der Waals surface area contributed by atoms with E-state index in [1.54, 1.807) is 6.92 Å². The van der Waals surface area contributed by atoms with E-state index in [1.807, 2.05) is 4.89 Å². The summed E-state index contributed by atoms with van der Waals surface area (Å²) in [6.07, 6.45) is 0. The van der Waals surface area contributed by atoms with Gasteiger partial charge < -0.3 is 0 Å². The molecular weight excluding hydrogens is 248 g/mol. The van der Waals surface area contributed by atoms with Crippen LogP contribution in [0.5, 0.6) is 0 Å². The fraction of sp³-hybridized carbons (Fsp3) is 0.333. The van der Waals surface area contributed by atoms with Crippen LogP contribution in [0.3, 0.4) is 0 Å². The SMILES string of the molecule is CCONS(=O)(=O)c1c(C)cccc1[N+](=O)[O-]. The van der Waals surface area contributed by atoms with Crippen molar-refractivity contribution in [2.24, 2.45) is 0 Å². The van der Waals surface area contributed by atoms with Gasteiger partial charge in [0.05, 0.1) is 11.5 Å². The molecule has 1 N–H and O–H groups in total. The van der Waals surface area contributed by atoms with Crippen LogP contribution < -0.4 is 4.89 Å². The summed E-state index contributed by atoms with van der Waals surface area (Å²) in [5, 5.41) is 10.8. The Morgan fingerprint density at radius 2 is 2.12 bits per heavy atom. The van der Waals surface area contributed by atoms with Crippen LogP contribution in [0.1, 0.15) is 12.5 Å². The molecule has 0 fully saturated rings. The first-order valence-corrected chi connectivity index (χ1v) is 6.26. The van der Waals surface area contributed by atoms with E-state index < -0.39 is 20.6 Å². The van der Waals surface area contributed by atoms with Crippen LogP contribution in [0.25, 0.3) is 0 Å². The molecule has 1 aromatic rings. The Kier molecular flexibility index (Phi) is 4.16. The lowest BCUT2D eigenvalue weighted by atomic mass is 10.2. The summed E-state index contributed by atoms with van der Waals surface area (Å²) in [5.74, 6) is 0. The van der Waals surface area contributed by atoms with Crippen molar-refractivity contribution in [3.63, 3.8) is 0 Å². The topological polar surface area (TPSA) is 98.5 Å². The van der Waals surface area contributed by atoms with Gasteiger partial charge in [0.25, 0.3) is 15.7 Å². The van der Waals surface area contributed by atoms with Gasteiger partial charge in [0, 0.05) is 6.07 Å². The summed E-state index contributed by atoms with van der Waals surface area (Å²) < 4.78 is 23.6. The molecule has 94 valence electrons. The first-order chi connectivity index (χ1) is 7.90. The Labute approximate surface area is 98.6 Å². The van der Waals surface area contributed by atoms with Gasteiger partial charge in [-0.2, -0.15) is 0 Å². The molecule has 0 spiro atoms. The molecule has 1 aromatic carbocycles. The maximum Gasteiger partial charge on any atom is 0.289 e. The van der Waals surface area contributed by atoms with Gasteiger partial charge >= 0.3 is 0 Å². The Balaban J connectivity index is 3.34. The fourth-order valence-corrected chi connectivity index (χ4v) is 2.57. The molecule has 1 rings (SSSR count). The summed E-state index contributed by atoms with van der Waals surface area (Å²) >= 11 is 0. The van der Waals surface area contributed by atoms with Crippen molar-refractivity contribution in [2.75, 3.05) is 6.61 Å². The lowest BCUT2D eigenvalue weighted by molar-refractivity contribution is -0.387. The van der Waals surface area contributed by atoms with Gasteiger partial charge in [0.2, 0.25) is 0 Å². The van der Waals surface area contributed by atoms with Crippen LogP contribution in [-0.4, -0.2) is 19.9 Å². The number of benzene rings is 1. The Hall–Kier alpha value is -1.51. The second-order valence-electron chi connectivity index (χ2n) is 3.20. The Bertz CT molecular complexity index is 526. The van der Waals surface area contributed by atoms with E-state index in [0.717, 1.165) is 6.07 Å². The third-order valence-electron chi connectivity index (χ3n) is 1.97. The van der Waals surface area contributed by atoms with Gasteiger partial charge in [-0.05, 0) is 19.4 Å². The molecule has 0 heterocycles. The molecule has 0 saturated heterocycles. The number of sulfonamides is 1. The van der Waals surface area contributed by atoms with Crippen LogP contribution in [0.4, 0.5) is 5.69 Å². The van der Waals surface area contributed by atoms with Crippen molar-refractivity contribution < 1.29 is 18.2 Å². The number of hydrogen-bond acceptors (Lipinski definition) is 5. The molecule has 7 nitrogen and oxygen atoms in total. The first kappa shape index (κ1) is 13.6. The van der Waals surface area contributed by atoms with E-state index in [-0.39, 0.29) is 17.1 Å².